The maximum atomic E-state index is 11.3. The first-order valence-electron chi connectivity index (χ1n) is 15.2. The number of nitrogens with one attached hydrogen (secondary N) is 1. The second kappa shape index (κ2) is 18.9. The van der Waals surface area contributed by atoms with E-state index in [0.717, 1.165) is 15.9 Å². The fraction of sp³-hybridized carbons (Fsp3) is 0.455. The zero-order chi connectivity index (χ0) is 38.8. The number of alkyl halides is 3. The van der Waals surface area contributed by atoms with Crippen LogP contribution in [-0.2, 0) is 19.0 Å². The third-order valence-corrected chi connectivity index (χ3v) is 30.0. The maximum absolute atomic E-state index is 11.3. The van der Waals surface area contributed by atoms with E-state index in [1.54, 1.807) is 0 Å². The summed E-state index contributed by atoms with van der Waals surface area (Å²) in [6.45, 7) is 20.8. The molecule has 1 atom stereocenters. The van der Waals surface area contributed by atoms with E-state index in [9.17, 15) is 12.6 Å². The molecular formula is C33H53Cl6N2O3PS2Si2. The van der Waals surface area contributed by atoms with Gasteiger partial charge in [-0.15, -0.1) is 0 Å². The number of nitrogens with zero attached hydrogens (tertiary/aromatic N) is 1. The van der Waals surface area contributed by atoms with Crippen molar-refractivity contribution >= 4 is 125 Å². The summed E-state index contributed by atoms with van der Waals surface area (Å²) in [5.41, 5.74) is 0. The zero-order valence-electron chi connectivity index (χ0n) is 30.4. The van der Waals surface area contributed by atoms with Gasteiger partial charge in [-0.3, -0.25) is 4.03 Å². The van der Waals surface area contributed by atoms with Crippen LogP contribution >= 0.6 is 73.3 Å². The van der Waals surface area contributed by atoms with Crippen molar-refractivity contribution in [3.63, 3.8) is 0 Å². The monoisotopic (exact) mass is 886 g/mol. The molecular weight excluding hydrogens is 836 g/mol. The molecule has 1 N–H and O–H groups in total. The third-order valence-electron chi connectivity index (χ3n) is 8.17. The van der Waals surface area contributed by atoms with Crippen molar-refractivity contribution in [2.45, 2.75) is 82.1 Å². The van der Waals surface area contributed by atoms with Gasteiger partial charge in [0, 0.05) is 6.26 Å². The van der Waals surface area contributed by atoms with Crippen LogP contribution in [0, 0.1) is 0 Å². The van der Waals surface area contributed by atoms with E-state index in [-0.39, 0.29) is 10.1 Å². The van der Waals surface area contributed by atoms with Crippen LogP contribution in [0.15, 0.2) is 95.0 Å². The van der Waals surface area contributed by atoms with Gasteiger partial charge >= 0.3 is 135 Å². The predicted molar refractivity (Wildman–Crippen MR) is 233 cm³/mol. The van der Waals surface area contributed by atoms with Gasteiger partial charge in [-0.1, -0.05) is 89.4 Å². The van der Waals surface area contributed by atoms with Crippen LogP contribution in [0.25, 0.3) is 0 Å². The quantitative estimate of drug-likeness (QED) is 0.116. The van der Waals surface area contributed by atoms with E-state index in [4.69, 9.17) is 68.0 Å². The number of benzene rings is 3. The van der Waals surface area contributed by atoms with Gasteiger partial charge in [0.15, 0.2) is 12.5 Å². The molecule has 1 unspecified atom stereocenters. The van der Waals surface area contributed by atoms with E-state index in [2.05, 4.69) is 63.1 Å². The van der Waals surface area contributed by atoms with E-state index >= 15 is 0 Å². The SMILES string of the molecule is CC(C)(C)[Si](C)(C)N=S(C)(=O)Cl.CC(C)(C)[Si](C)(C)NS(C)(=O)=O.ClC(Cl)Cl.ClP(Cl)(c1ccccc1)(c1ccccc1)c1ccccc1. The topological polar surface area (TPSA) is 75.6 Å². The standard InChI is InChI=1S/C18H15Cl2P.C7H18ClNOSSi.C7H19NO2SSi.CHCl3/c19-21(20,16-10-4-1-5-11-16,17-12-6-2-7-13-17)18-14-8-3-9-15-18;1-7(2,3)12(5,6)9-11(4,8)10;1-7(2,3)12(5,6)8-11(4,9)10;2-1(3)4/h1-15H;1-6H3;8H,1-6H3;1H. The number of sulfonamides is 1. The Bertz CT molecular complexity index is 1570. The van der Waals surface area contributed by atoms with Crippen LogP contribution in [0.3, 0.4) is 0 Å². The van der Waals surface area contributed by atoms with Gasteiger partial charge in [0.2, 0.25) is 10.0 Å². The molecule has 0 saturated heterocycles. The molecule has 0 saturated carbocycles. The molecule has 0 radical (unpaired) electrons. The fourth-order valence-electron chi connectivity index (χ4n) is 3.68. The molecule has 0 spiro atoms. The Labute approximate surface area is 328 Å². The van der Waals surface area contributed by atoms with Crippen molar-refractivity contribution in [3.8, 4) is 0 Å². The first-order valence-corrected chi connectivity index (χ1v) is 31.2. The normalized spacial score (nSPS) is 14.6. The van der Waals surface area contributed by atoms with E-state index in [1.165, 1.54) is 12.5 Å². The summed E-state index contributed by atoms with van der Waals surface area (Å²) < 4.78 is 39.6. The Hall–Kier alpha value is 0.124. The fourth-order valence-corrected chi connectivity index (χ4v) is 19.5. The molecule has 49 heavy (non-hydrogen) atoms. The molecule has 0 aromatic heterocycles. The van der Waals surface area contributed by atoms with Gasteiger partial charge in [-0.2, -0.15) is 0 Å². The van der Waals surface area contributed by atoms with Crippen LogP contribution in [0.5, 0.6) is 0 Å². The Morgan fingerprint density at radius 3 is 1.04 bits per heavy atom. The summed E-state index contributed by atoms with van der Waals surface area (Å²) in [6.07, 6.45) is 2.70. The van der Waals surface area contributed by atoms with Crippen molar-refractivity contribution in [1.29, 1.82) is 0 Å². The molecule has 3 aromatic carbocycles. The Morgan fingerprint density at radius 2 is 0.898 bits per heavy atom. The van der Waals surface area contributed by atoms with Crippen LogP contribution in [0.4, 0.5) is 0 Å². The molecule has 0 fully saturated rings. The molecule has 3 aromatic rings. The summed E-state index contributed by atoms with van der Waals surface area (Å²) in [7, 11) is -3.59. The van der Waals surface area contributed by atoms with Crippen LogP contribution < -0.4 is 20.3 Å². The molecule has 0 aliphatic rings. The van der Waals surface area contributed by atoms with E-state index < -0.39 is 45.0 Å². The molecule has 0 bridgehead atoms. The third kappa shape index (κ3) is 16.8. The number of halogens is 6. The molecule has 16 heteroatoms. The summed E-state index contributed by atoms with van der Waals surface area (Å²) in [5, 5.41) is -0.380. The van der Waals surface area contributed by atoms with Crippen LogP contribution in [-0.4, -0.2) is 45.9 Å². The summed E-state index contributed by atoms with van der Waals surface area (Å²) >= 11 is 29.0. The first kappa shape index (κ1) is 49.1. The van der Waals surface area contributed by atoms with Crippen LogP contribution in [0.1, 0.15) is 41.5 Å². The molecule has 0 aliphatic carbocycles. The Balaban J connectivity index is 0.000000712. The van der Waals surface area contributed by atoms with Crippen molar-refractivity contribution < 1.29 is 12.6 Å². The van der Waals surface area contributed by atoms with Gasteiger partial charge in [-0.25, -0.2) is 17.0 Å². The molecule has 3 rings (SSSR count). The van der Waals surface area contributed by atoms with Crippen molar-refractivity contribution in [3.05, 3.63) is 91.0 Å². The molecule has 0 aliphatic heterocycles. The van der Waals surface area contributed by atoms with Gasteiger partial charge in [0.1, 0.15) is 17.2 Å². The second-order valence-corrected chi connectivity index (χ2v) is 40.0. The number of hydrogen-bond acceptors (Lipinski definition) is 4. The van der Waals surface area contributed by atoms with Crippen molar-refractivity contribution in [1.82, 2.24) is 4.39 Å². The summed E-state index contributed by atoms with van der Waals surface area (Å²) in [5.74, 6) is 0. The molecule has 0 amide bonds. The van der Waals surface area contributed by atoms with Gasteiger partial charge < -0.3 is 0 Å². The van der Waals surface area contributed by atoms with Crippen LogP contribution in [0.2, 0.25) is 36.3 Å². The van der Waals surface area contributed by atoms with E-state index in [1.807, 2.05) is 104 Å². The number of hydrogen-bond donors (Lipinski definition) is 1. The molecule has 0 heterocycles. The van der Waals surface area contributed by atoms with E-state index in [0.29, 0.717) is 0 Å². The summed E-state index contributed by atoms with van der Waals surface area (Å²) in [4.78, 5) is 0. The van der Waals surface area contributed by atoms with Gasteiger partial charge in [0.25, 0.3) is 0 Å². The molecule has 280 valence electrons. The van der Waals surface area contributed by atoms with Gasteiger partial charge in [-0.05, 0) is 33.9 Å². The minimum absolute atomic E-state index is 0.0517. The first-order chi connectivity index (χ1) is 21.8. The molecule has 5 nitrogen and oxygen atoms in total. The summed E-state index contributed by atoms with van der Waals surface area (Å²) in [6, 6.07) is 29.9. The Morgan fingerprint density at radius 1 is 0.633 bits per heavy atom. The number of rotatable bonds is 6. The predicted octanol–water partition coefficient (Wildman–Crippen LogP) is 11.6. The van der Waals surface area contributed by atoms with Crippen molar-refractivity contribution in [2.24, 2.45) is 4.03 Å². The van der Waals surface area contributed by atoms with Gasteiger partial charge in [0.05, 0.1) is 6.26 Å². The second-order valence-electron chi connectivity index (χ2n) is 14.5. The zero-order valence-corrected chi connectivity index (χ0v) is 39.5. The average Bonchev–Trinajstić information content (AvgIpc) is 2.91. The average molecular weight is 890 g/mol. The van der Waals surface area contributed by atoms with Crippen molar-refractivity contribution in [2.75, 3.05) is 12.5 Å². The Kier molecular flexibility index (Phi) is 19.0. The minimum atomic E-state index is -3.43.